The second-order valence-electron chi connectivity index (χ2n) is 12.9. The summed E-state index contributed by atoms with van der Waals surface area (Å²) in [6.07, 6.45) is 11.4. The number of nitrogens with zero attached hydrogens (tertiary/aromatic N) is 8. The molecule has 7 heterocycles. The summed E-state index contributed by atoms with van der Waals surface area (Å²) in [4.78, 5) is 16.9. The van der Waals surface area contributed by atoms with Gasteiger partial charge in [-0.3, -0.25) is 19.4 Å². The number of aromatic nitrogens is 8. The zero-order valence-electron chi connectivity index (χ0n) is 27.3. The van der Waals surface area contributed by atoms with Gasteiger partial charge in [0, 0.05) is 53.1 Å². The van der Waals surface area contributed by atoms with Gasteiger partial charge in [0.1, 0.15) is 11.5 Å². The molecule has 5 aromatic heterocycles. The lowest BCUT2D eigenvalue weighted by Crippen LogP contribution is -2.33. The van der Waals surface area contributed by atoms with Crippen LogP contribution in [0.1, 0.15) is 36.0 Å². The van der Waals surface area contributed by atoms with Gasteiger partial charge in [-0.2, -0.15) is 5.10 Å². The summed E-state index contributed by atoms with van der Waals surface area (Å²) in [6.45, 7) is 2.92. The van der Waals surface area contributed by atoms with E-state index in [1.165, 1.54) is 5.56 Å². The molecule has 4 N–H and O–H groups in total. The summed E-state index contributed by atoms with van der Waals surface area (Å²) >= 11 is 0. The SMILES string of the molecule is NC1C=CC(c2nnc3c4cc(-c5ccccc5)c(-c5ccc(CN6CCC(c7nc(-c8ccccn8)n[nH]7)CC6)cc5)nc4ccn23)=CN1. The first kappa shape index (κ1) is 30.1. The first-order valence-corrected chi connectivity index (χ1v) is 17.0. The van der Waals surface area contributed by atoms with Gasteiger partial charge in [-0.15, -0.1) is 10.2 Å². The molecule has 9 rings (SSSR count). The Morgan fingerprint density at radius 2 is 1.70 bits per heavy atom. The number of dihydropyridines is 1. The fourth-order valence-electron chi connectivity index (χ4n) is 6.94. The molecule has 2 aromatic carbocycles. The average molecular weight is 658 g/mol. The Bertz CT molecular complexity index is 2350. The molecular formula is C39H35N11. The number of nitrogens with two attached hydrogens (primary N) is 1. The first-order chi connectivity index (χ1) is 24.7. The van der Waals surface area contributed by atoms with Crippen LogP contribution in [0.15, 0.2) is 116 Å². The van der Waals surface area contributed by atoms with Crippen molar-refractivity contribution in [2.75, 3.05) is 13.1 Å². The minimum Gasteiger partial charge on any atom is -0.372 e. The van der Waals surface area contributed by atoms with Crippen LogP contribution in [0.5, 0.6) is 0 Å². The quantitative estimate of drug-likeness (QED) is 0.190. The molecule has 0 spiro atoms. The number of pyridine rings is 3. The Kier molecular flexibility index (Phi) is 7.68. The number of fused-ring (bicyclic) bond motifs is 3. The van der Waals surface area contributed by atoms with E-state index in [0.29, 0.717) is 11.7 Å². The summed E-state index contributed by atoms with van der Waals surface area (Å²) in [6, 6.07) is 29.3. The highest BCUT2D eigenvalue weighted by Crippen LogP contribution is 2.35. The normalized spacial score (nSPS) is 16.9. The molecule has 2 aliphatic heterocycles. The summed E-state index contributed by atoms with van der Waals surface area (Å²) in [5.41, 5.74) is 14.7. The number of piperidine rings is 1. The summed E-state index contributed by atoms with van der Waals surface area (Å²) in [5, 5.41) is 20.8. The zero-order valence-corrected chi connectivity index (χ0v) is 27.3. The predicted octanol–water partition coefficient (Wildman–Crippen LogP) is 5.96. The number of likely N-dealkylation sites (tertiary alicyclic amines) is 1. The van der Waals surface area contributed by atoms with E-state index in [9.17, 15) is 0 Å². The summed E-state index contributed by atoms with van der Waals surface area (Å²) in [7, 11) is 0. The summed E-state index contributed by atoms with van der Waals surface area (Å²) in [5.74, 6) is 2.74. The second kappa shape index (κ2) is 12.8. The molecule has 50 heavy (non-hydrogen) atoms. The van der Waals surface area contributed by atoms with Crippen molar-refractivity contribution in [3.63, 3.8) is 0 Å². The standard InChI is InChI=1S/C39H35N11/c40-34-14-13-29(23-42-34)38-47-48-39-31-22-30(26-6-2-1-3-7-26)35(43-32(31)17-21-50(38)39)27-11-9-25(10-12-27)24-49-19-15-28(16-20-49)36-44-37(46-45-36)33-8-4-5-18-41-33/h1-14,17-18,21-23,28,34,42H,15-16,19-20,24,40H2,(H,44,45,46). The van der Waals surface area contributed by atoms with Gasteiger partial charge in [-0.25, -0.2) is 9.97 Å². The minimum atomic E-state index is -0.208. The predicted molar refractivity (Wildman–Crippen MR) is 194 cm³/mol. The van der Waals surface area contributed by atoms with Gasteiger partial charge >= 0.3 is 0 Å². The van der Waals surface area contributed by atoms with Crippen LogP contribution in [0.2, 0.25) is 0 Å². The highest BCUT2D eigenvalue weighted by Gasteiger charge is 2.24. The van der Waals surface area contributed by atoms with Crippen molar-refractivity contribution >= 4 is 22.1 Å². The molecule has 1 atom stereocenters. The van der Waals surface area contributed by atoms with E-state index in [2.05, 4.69) is 90.2 Å². The third-order valence-corrected chi connectivity index (χ3v) is 9.63. The van der Waals surface area contributed by atoms with E-state index in [4.69, 9.17) is 15.7 Å². The Hall–Kier alpha value is -6.04. The van der Waals surface area contributed by atoms with Gasteiger partial charge in [0.15, 0.2) is 17.3 Å². The van der Waals surface area contributed by atoms with Gasteiger partial charge in [0.2, 0.25) is 0 Å². The molecule has 2 aliphatic rings. The van der Waals surface area contributed by atoms with Crippen LogP contribution in [0.3, 0.4) is 0 Å². The Balaban J connectivity index is 0.956. The fourth-order valence-corrected chi connectivity index (χ4v) is 6.94. The monoisotopic (exact) mass is 657 g/mol. The first-order valence-electron chi connectivity index (χ1n) is 17.0. The molecule has 0 saturated carbocycles. The maximum absolute atomic E-state index is 5.96. The molecule has 246 valence electrons. The number of hydrogen-bond donors (Lipinski definition) is 3. The third kappa shape index (κ3) is 5.72. The molecule has 11 nitrogen and oxygen atoms in total. The zero-order chi connectivity index (χ0) is 33.4. The largest absolute Gasteiger partial charge is 0.372 e. The van der Waals surface area contributed by atoms with Crippen LogP contribution in [-0.2, 0) is 6.54 Å². The smallest absolute Gasteiger partial charge is 0.199 e. The van der Waals surface area contributed by atoms with Gasteiger partial charge < -0.3 is 11.1 Å². The van der Waals surface area contributed by atoms with E-state index in [-0.39, 0.29) is 6.17 Å². The molecule has 0 radical (unpaired) electrons. The van der Waals surface area contributed by atoms with Crippen LogP contribution in [0.25, 0.3) is 56.0 Å². The Morgan fingerprint density at radius 1 is 0.860 bits per heavy atom. The number of benzene rings is 2. The van der Waals surface area contributed by atoms with Crippen molar-refractivity contribution < 1.29 is 0 Å². The van der Waals surface area contributed by atoms with Crippen molar-refractivity contribution in [3.05, 3.63) is 133 Å². The average Bonchev–Trinajstić information content (AvgIpc) is 3.85. The van der Waals surface area contributed by atoms with Crippen LogP contribution >= 0.6 is 0 Å². The summed E-state index contributed by atoms with van der Waals surface area (Å²) < 4.78 is 2.01. The van der Waals surface area contributed by atoms with Gasteiger partial charge in [0.05, 0.1) is 17.4 Å². The molecule has 0 aliphatic carbocycles. The number of H-pyrrole nitrogens is 1. The van der Waals surface area contributed by atoms with Crippen molar-refractivity contribution in [1.82, 2.24) is 50.0 Å². The molecule has 11 heteroatoms. The van der Waals surface area contributed by atoms with Crippen LogP contribution in [0, 0.1) is 0 Å². The van der Waals surface area contributed by atoms with Crippen molar-refractivity contribution in [3.8, 4) is 33.9 Å². The number of nitrogens with one attached hydrogen (secondary N) is 2. The van der Waals surface area contributed by atoms with Crippen molar-refractivity contribution in [2.24, 2.45) is 5.73 Å². The number of allylic oxidation sites excluding steroid dienone is 2. The minimum absolute atomic E-state index is 0.208. The molecule has 0 bridgehead atoms. The van der Waals surface area contributed by atoms with E-state index >= 15 is 0 Å². The lowest BCUT2D eigenvalue weighted by molar-refractivity contribution is 0.202. The molecule has 1 fully saturated rings. The van der Waals surface area contributed by atoms with E-state index in [1.54, 1.807) is 6.20 Å². The van der Waals surface area contributed by atoms with Crippen LogP contribution in [-0.4, -0.2) is 63.9 Å². The fraction of sp³-hybridized carbons (Fsp3) is 0.179. The van der Waals surface area contributed by atoms with Gasteiger partial charge in [-0.1, -0.05) is 66.7 Å². The number of rotatable bonds is 7. The van der Waals surface area contributed by atoms with E-state index in [0.717, 1.165) is 94.3 Å². The Morgan fingerprint density at radius 3 is 2.48 bits per heavy atom. The van der Waals surface area contributed by atoms with E-state index in [1.807, 2.05) is 59.3 Å². The molecule has 1 saturated heterocycles. The molecule has 0 amide bonds. The van der Waals surface area contributed by atoms with E-state index < -0.39 is 0 Å². The number of hydrogen-bond acceptors (Lipinski definition) is 9. The second-order valence-corrected chi connectivity index (χ2v) is 12.9. The topological polar surface area (TPSA) is 139 Å². The lowest BCUT2D eigenvalue weighted by atomic mass is 9.95. The molecular weight excluding hydrogens is 623 g/mol. The highest BCUT2D eigenvalue weighted by atomic mass is 15.3. The lowest BCUT2D eigenvalue weighted by Gasteiger charge is -2.31. The maximum Gasteiger partial charge on any atom is 0.199 e. The number of aromatic amines is 1. The highest BCUT2D eigenvalue weighted by molar-refractivity contribution is 5.98. The molecule has 1 unspecified atom stereocenters. The Labute approximate surface area is 288 Å². The maximum atomic E-state index is 5.96. The van der Waals surface area contributed by atoms with Crippen molar-refractivity contribution in [1.29, 1.82) is 0 Å². The van der Waals surface area contributed by atoms with Crippen LogP contribution in [0.4, 0.5) is 0 Å². The molecule has 7 aromatic rings. The third-order valence-electron chi connectivity index (χ3n) is 9.63. The van der Waals surface area contributed by atoms with Gasteiger partial charge in [0.25, 0.3) is 0 Å². The van der Waals surface area contributed by atoms with Crippen LogP contribution < -0.4 is 11.1 Å². The van der Waals surface area contributed by atoms with Gasteiger partial charge in [-0.05, 0) is 67.4 Å². The van der Waals surface area contributed by atoms with Crippen molar-refractivity contribution in [2.45, 2.75) is 31.5 Å².